The summed E-state index contributed by atoms with van der Waals surface area (Å²) in [4.78, 5) is 20.0. The van der Waals surface area contributed by atoms with E-state index >= 15 is 0 Å². The molecule has 0 saturated carbocycles. The monoisotopic (exact) mass is 280 g/mol. The molecule has 0 unspecified atom stereocenters. The summed E-state index contributed by atoms with van der Waals surface area (Å²) in [5.41, 5.74) is 2.20. The maximum absolute atomic E-state index is 12.0. The van der Waals surface area contributed by atoms with Gasteiger partial charge in [-0.15, -0.1) is 0 Å². The molecule has 0 fully saturated rings. The number of nitrogens with zero attached hydrogens (tertiary/aromatic N) is 3. The minimum atomic E-state index is -0.162. The van der Waals surface area contributed by atoms with Gasteiger partial charge in [0.2, 0.25) is 5.91 Å². The molecule has 0 atom stereocenters. The van der Waals surface area contributed by atoms with Gasteiger partial charge in [-0.25, -0.2) is 9.97 Å². The Balaban J connectivity index is 1.74. The Kier molecular flexibility index (Phi) is 3.68. The molecule has 0 aliphatic rings. The van der Waals surface area contributed by atoms with Gasteiger partial charge in [0.25, 0.3) is 0 Å². The van der Waals surface area contributed by atoms with Crippen LogP contribution in [0.5, 0.6) is 0 Å². The topological polar surface area (TPSA) is 80.9 Å². The van der Waals surface area contributed by atoms with Crippen LogP contribution in [0.1, 0.15) is 5.56 Å². The van der Waals surface area contributed by atoms with E-state index in [2.05, 4.69) is 20.4 Å². The van der Waals surface area contributed by atoms with E-state index in [1.54, 1.807) is 12.3 Å². The van der Waals surface area contributed by atoms with Gasteiger partial charge in [0.1, 0.15) is 12.6 Å². The van der Waals surface area contributed by atoms with E-state index in [1.165, 1.54) is 12.6 Å². The molecule has 0 aliphatic carbocycles. The van der Waals surface area contributed by atoms with Crippen LogP contribution in [0.2, 0.25) is 0 Å². The second kappa shape index (κ2) is 5.96. The molecule has 0 radical (unpaired) electrons. The van der Waals surface area contributed by atoms with E-state index in [0.29, 0.717) is 17.1 Å². The van der Waals surface area contributed by atoms with Crippen molar-refractivity contribution in [3.8, 4) is 11.3 Å². The Morgan fingerprint density at radius 2 is 2.05 bits per heavy atom. The van der Waals surface area contributed by atoms with Gasteiger partial charge in [-0.1, -0.05) is 35.5 Å². The van der Waals surface area contributed by atoms with Gasteiger partial charge in [-0.2, -0.15) is 0 Å². The van der Waals surface area contributed by atoms with Crippen LogP contribution in [0.25, 0.3) is 11.3 Å². The fourth-order valence-electron chi connectivity index (χ4n) is 1.92. The molecule has 21 heavy (non-hydrogen) atoms. The number of hydrogen-bond donors (Lipinski definition) is 1. The summed E-state index contributed by atoms with van der Waals surface area (Å²) in [5.74, 6) is 0.194. The lowest BCUT2D eigenvalue weighted by Gasteiger charge is -2.04. The van der Waals surface area contributed by atoms with Gasteiger partial charge >= 0.3 is 0 Å². The Bertz CT molecular complexity index is 726. The molecule has 1 amide bonds. The number of rotatable bonds is 4. The number of carbonyl (C=O) groups is 1. The summed E-state index contributed by atoms with van der Waals surface area (Å²) < 4.78 is 4.93. The van der Waals surface area contributed by atoms with E-state index in [0.717, 1.165) is 5.56 Å². The summed E-state index contributed by atoms with van der Waals surface area (Å²) in [6.07, 6.45) is 4.76. The highest BCUT2D eigenvalue weighted by molar-refractivity contribution is 5.94. The maximum atomic E-state index is 12.0. The highest BCUT2D eigenvalue weighted by atomic mass is 16.5. The van der Waals surface area contributed by atoms with Crippen LogP contribution in [-0.2, 0) is 11.2 Å². The number of amides is 1. The first-order valence-corrected chi connectivity index (χ1v) is 6.37. The van der Waals surface area contributed by atoms with Crippen molar-refractivity contribution < 1.29 is 9.32 Å². The van der Waals surface area contributed by atoms with Crippen molar-refractivity contribution >= 4 is 11.7 Å². The lowest BCUT2D eigenvalue weighted by Crippen LogP contribution is -2.15. The third kappa shape index (κ3) is 3.11. The molecule has 104 valence electrons. The SMILES string of the molecule is O=C(Cc1ccccc1)Nc1nocc1-c1ccncn1. The highest BCUT2D eigenvalue weighted by Crippen LogP contribution is 2.24. The molecule has 6 nitrogen and oxygen atoms in total. The number of hydrogen-bond acceptors (Lipinski definition) is 5. The summed E-state index contributed by atoms with van der Waals surface area (Å²) >= 11 is 0. The Morgan fingerprint density at radius 1 is 1.19 bits per heavy atom. The van der Waals surface area contributed by atoms with Gasteiger partial charge in [0.15, 0.2) is 5.82 Å². The van der Waals surface area contributed by atoms with Crippen LogP contribution in [0.4, 0.5) is 5.82 Å². The largest absolute Gasteiger partial charge is 0.362 e. The van der Waals surface area contributed by atoms with Gasteiger partial charge < -0.3 is 9.84 Å². The van der Waals surface area contributed by atoms with Crippen LogP contribution in [0.15, 0.2) is 59.7 Å². The van der Waals surface area contributed by atoms with E-state index in [-0.39, 0.29) is 12.3 Å². The van der Waals surface area contributed by atoms with E-state index in [1.807, 2.05) is 30.3 Å². The van der Waals surface area contributed by atoms with Crippen molar-refractivity contribution in [2.24, 2.45) is 0 Å². The molecule has 0 saturated heterocycles. The second-order valence-electron chi connectivity index (χ2n) is 4.38. The van der Waals surface area contributed by atoms with Crippen LogP contribution < -0.4 is 5.32 Å². The normalized spacial score (nSPS) is 10.3. The molecule has 1 aromatic carbocycles. The minimum absolute atomic E-state index is 0.162. The molecular weight excluding hydrogens is 268 g/mol. The van der Waals surface area contributed by atoms with E-state index in [4.69, 9.17) is 4.52 Å². The molecule has 3 rings (SSSR count). The molecule has 2 heterocycles. The maximum Gasteiger partial charge on any atom is 0.230 e. The van der Waals surface area contributed by atoms with Crippen molar-refractivity contribution in [1.82, 2.24) is 15.1 Å². The van der Waals surface area contributed by atoms with Crippen LogP contribution in [0.3, 0.4) is 0 Å². The molecule has 0 bridgehead atoms. The van der Waals surface area contributed by atoms with Crippen LogP contribution in [0, 0.1) is 0 Å². The third-order valence-corrected chi connectivity index (χ3v) is 2.89. The molecule has 0 aliphatic heterocycles. The summed E-state index contributed by atoms with van der Waals surface area (Å²) in [5, 5.41) is 6.54. The Morgan fingerprint density at radius 3 is 2.81 bits per heavy atom. The molecule has 6 heteroatoms. The third-order valence-electron chi connectivity index (χ3n) is 2.89. The zero-order valence-electron chi connectivity index (χ0n) is 11.1. The van der Waals surface area contributed by atoms with Crippen LogP contribution in [-0.4, -0.2) is 21.0 Å². The first-order chi connectivity index (χ1) is 10.3. The zero-order valence-corrected chi connectivity index (χ0v) is 11.1. The number of aromatic nitrogens is 3. The van der Waals surface area contributed by atoms with Crippen molar-refractivity contribution in [2.45, 2.75) is 6.42 Å². The average Bonchev–Trinajstić information content (AvgIpc) is 2.97. The zero-order chi connectivity index (χ0) is 14.5. The summed E-state index contributed by atoms with van der Waals surface area (Å²) in [6.45, 7) is 0. The number of benzene rings is 1. The minimum Gasteiger partial charge on any atom is -0.362 e. The molecular formula is C15H12N4O2. The van der Waals surface area contributed by atoms with Gasteiger partial charge in [-0.3, -0.25) is 4.79 Å². The fourth-order valence-corrected chi connectivity index (χ4v) is 1.92. The smallest absolute Gasteiger partial charge is 0.230 e. The first-order valence-electron chi connectivity index (χ1n) is 6.37. The molecule has 2 aromatic heterocycles. The summed E-state index contributed by atoms with van der Waals surface area (Å²) in [7, 11) is 0. The Labute approximate surface area is 120 Å². The van der Waals surface area contributed by atoms with E-state index in [9.17, 15) is 4.79 Å². The van der Waals surface area contributed by atoms with Crippen molar-refractivity contribution in [1.29, 1.82) is 0 Å². The lowest BCUT2D eigenvalue weighted by molar-refractivity contribution is -0.115. The standard InChI is InChI=1S/C15H12N4O2/c20-14(8-11-4-2-1-3-5-11)18-15-12(9-21-19-15)13-6-7-16-10-17-13/h1-7,9-10H,8H2,(H,18,19,20). The first kappa shape index (κ1) is 13.0. The fraction of sp³-hybridized carbons (Fsp3) is 0.0667. The molecule has 0 spiro atoms. The number of nitrogens with one attached hydrogen (secondary N) is 1. The molecule has 3 aromatic rings. The average molecular weight is 280 g/mol. The van der Waals surface area contributed by atoms with Crippen molar-refractivity contribution in [3.63, 3.8) is 0 Å². The second-order valence-corrected chi connectivity index (χ2v) is 4.38. The molecule has 1 N–H and O–H groups in total. The van der Waals surface area contributed by atoms with Crippen LogP contribution >= 0.6 is 0 Å². The predicted octanol–water partition coefficient (Wildman–Crippen LogP) is 2.31. The number of carbonyl (C=O) groups excluding carboxylic acids is 1. The lowest BCUT2D eigenvalue weighted by atomic mass is 10.1. The van der Waals surface area contributed by atoms with Gasteiger partial charge in [-0.05, 0) is 11.6 Å². The highest BCUT2D eigenvalue weighted by Gasteiger charge is 2.14. The van der Waals surface area contributed by atoms with Crippen molar-refractivity contribution in [2.75, 3.05) is 5.32 Å². The number of anilines is 1. The van der Waals surface area contributed by atoms with E-state index < -0.39 is 0 Å². The van der Waals surface area contributed by atoms with Crippen molar-refractivity contribution in [3.05, 3.63) is 60.7 Å². The van der Waals surface area contributed by atoms with Gasteiger partial charge in [0, 0.05) is 6.20 Å². The summed E-state index contributed by atoms with van der Waals surface area (Å²) in [6, 6.07) is 11.2. The van der Waals surface area contributed by atoms with Gasteiger partial charge in [0.05, 0.1) is 17.7 Å². The Hall–Kier alpha value is -3.02. The predicted molar refractivity (Wildman–Crippen MR) is 76.3 cm³/mol. The quantitative estimate of drug-likeness (QED) is 0.793.